The minimum atomic E-state index is -0.110. The van der Waals surface area contributed by atoms with Crippen LogP contribution in [-0.4, -0.2) is 36.5 Å². The molecule has 6 heteroatoms. The van der Waals surface area contributed by atoms with E-state index in [1.807, 2.05) is 35.7 Å². The third-order valence-corrected chi connectivity index (χ3v) is 5.05. The summed E-state index contributed by atoms with van der Waals surface area (Å²) in [6, 6.07) is 14.0. The second kappa shape index (κ2) is 7.97. The van der Waals surface area contributed by atoms with E-state index in [1.165, 1.54) is 5.56 Å². The molecule has 0 aliphatic carbocycles. The Morgan fingerprint density at radius 3 is 2.79 bits per heavy atom. The number of rotatable bonds is 4. The zero-order valence-electron chi connectivity index (χ0n) is 13.4. The van der Waals surface area contributed by atoms with Gasteiger partial charge in [0.1, 0.15) is 0 Å². The number of nitrogens with one attached hydrogen (secondary N) is 2. The second-order valence-electron chi connectivity index (χ2n) is 5.79. The van der Waals surface area contributed by atoms with Crippen molar-refractivity contribution in [2.45, 2.75) is 18.9 Å². The fourth-order valence-corrected chi connectivity index (χ4v) is 3.55. The number of benzene rings is 1. The van der Waals surface area contributed by atoms with Crippen molar-refractivity contribution in [2.24, 2.45) is 0 Å². The Morgan fingerprint density at radius 1 is 1.21 bits per heavy atom. The van der Waals surface area contributed by atoms with Crippen molar-refractivity contribution in [3.63, 3.8) is 0 Å². The van der Waals surface area contributed by atoms with Gasteiger partial charge in [-0.2, -0.15) is 0 Å². The minimum absolute atomic E-state index is 0.00407. The van der Waals surface area contributed by atoms with Crippen LogP contribution in [-0.2, 0) is 11.2 Å². The van der Waals surface area contributed by atoms with E-state index in [0.717, 1.165) is 11.3 Å². The molecular formula is C18H21N3O2S. The van der Waals surface area contributed by atoms with E-state index in [-0.39, 0.29) is 18.0 Å². The molecule has 3 rings (SSSR count). The lowest BCUT2D eigenvalue weighted by Gasteiger charge is -2.24. The molecule has 2 heterocycles. The van der Waals surface area contributed by atoms with Crippen LogP contribution in [0.4, 0.5) is 4.79 Å². The molecule has 0 saturated carbocycles. The average molecular weight is 343 g/mol. The van der Waals surface area contributed by atoms with Gasteiger partial charge in [-0.05, 0) is 23.4 Å². The van der Waals surface area contributed by atoms with Gasteiger partial charge in [-0.25, -0.2) is 4.79 Å². The van der Waals surface area contributed by atoms with Crippen LogP contribution >= 0.6 is 11.3 Å². The molecule has 0 spiro atoms. The molecule has 1 fully saturated rings. The predicted octanol–water partition coefficient (Wildman–Crippen LogP) is 2.56. The number of urea groups is 1. The summed E-state index contributed by atoms with van der Waals surface area (Å²) >= 11 is 1.64. The summed E-state index contributed by atoms with van der Waals surface area (Å²) in [6.07, 6.45) is 1.11. The van der Waals surface area contributed by atoms with Gasteiger partial charge in [-0.3, -0.25) is 4.79 Å². The van der Waals surface area contributed by atoms with E-state index in [0.29, 0.717) is 26.1 Å². The van der Waals surface area contributed by atoms with E-state index < -0.39 is 0 Å². The molecular weight excluding hydrogens is 322 g/mol. The standard InChI is InChI=1S/C18H21N3O2S/c22-17-8-10-21(11-9-19-17)18(23)20-15(16-7-4-12-24-16)13-14-5-2-1-3-6-14/h1-7,12,15H,8-11,13H2,(H,19,22)(H,20,23). The van der Waals surface area contributed by atoms with E-state index in [2.05, 4.69) is 22.8 Å². The molecule has 2 aromatic rings. The molecule has 126 valence electrons. The fourth-order valence-electron chi connectivity index (χ4n) is 2.77. The van der Waals surface area contributed by atoms with Gasteiger partial charge in [0.05, 0.1) is 6.04 Å². The third kappa shape index (κ3) is 4.35. The van der Waals surface area contributed by atoms with Gasteiger partial charge < -0.3 is 15.5 Å². The van der Waals surface area contributed by atoms with Gasteiger partial charge in [0.25, 0.3) is 0 Å². The Labute approximate surface area is 145 Å². The second-order valence-corrected chi connectivity index (χ2v) is 6.77. The molecule has 0 radical (unpaired) electrons. The van der Waals surface area contributed by atoms with Crippen molar-refractivity contribution < 1.29 is 9.59 Å². The van der Waals surface area contributed by atoms with Crippen LogP contribution in [0.15, 0.2) is 47.8 Å². The van der Waals surface area contributed by atoms with Crippen LogP contribution in [0.3, 0.4) is 0 Å². The molecule has 24 heavy (non-hydrogen) atoms. The first-order chi connectivity index (χ1) is 11.7. The summed E-state index contributed by atoms with van der Waals surface area (Å²) in [4.78, 5) is 26.9. The molecule has 1 aromatic heterocycles. The summed E-state index contributed by atoms with van der Waals surface area (Å²) in [5.74, 6) is 0.00407. The molecule has 0 bridgehead atoms. The summed E-state index contributed by atoms with van der Waals surface area (Å²) in [5.41, 5.74) is 1.18. The normalized spacial score (nSPS) is 16.2. The summed E-state index contributed by atoms with van der Waals surface area (Å²) < 4.78 is 0. The number of hydrogen-bond donors (Lipinski definition) is 2. The molecule has 1 aromatic carbocycles. The van der Waals surface area contributed by atoms with Crippen LogP contribution in [0.1, 0.15) is 22.9 Å². The molecule has 5 nitrogen and oxygen atoms in total. The average Bonchev–Trinajstić information content (AvgIpc) is 3.04. The lowest BCUT2D eigenvalue weighted by molar-refractivity contribution is -0.120. The number of carbonyl (C=O) groups excluding carboxylic acids is 2. The Hall–Kier alpha value is -2.34. The van der Waals surface area contributed by atoms with Crippen molar-refractivity contribution in [1.29, 1.82) is 0 Å². The summed E-state index contributed by atoms with van der Waals surface area (Å²) in [5, 5.41) is 7.95. The maximum Gasteiger partial charge on any atom is 0.317 e. The van der Waals surface area contributed by atoms with Gasteiger partial charge in [0.2, 0.25) is 5.91 Å². The van der Waals surface area contributed by atoms with Crippen LogP contribution in [0, 0.1) is 0 Å². The SMILES string of the molecule is O=C1CCN(C(=O)NC(Cc2ccccc2)c2cccs2)CCN1. The van der Waals surface area contributed by atoms with Gasteiger partial charge in [-0.15, -0.1) is 11.3 Å². The zero-order valence-corrected chi connectivity index (χ0v) is 14.2. The van der Waals surface area contributed by atoms with Crippen molar-refractivity contribution in [3.8, 4) is 0 Å². The lowest BCUT2D eigenvalue weighted by atomic mass is 10.0. The molecule has 1 aliphatic rings. The first kappa shape index (κ1) is 16.5. The van der Waals surface area contributed by atoms with Crippen molar-refractivity contribution >= 4 is 23.3 Å². The molecule has 1 atom stereocenters. The van der Waals surface area contributed by atoms with Gasteiger partial charge in [-0.1, -0.05) is 36.4 Å². The maximum absolute atomic E-state index is 12.6. The van der Waals surface area contributed by atoms with E-state index >= 15 is 0 Å². The molecule has 1 aliphatic heterocycles. The Morgan fingerprint density at radius 2 is 2.04 bits per heavy atom. The molecule has 1 saturated heterocycles. The Balaban J connectivity index is 1.69. The third-order valence-electron chi connectivity index (χ3n) is 4.07. The Bertz CT molecular complexity index is 673. The first-order valence-corrected chi connectivity index (χ1v) is 9.00. The highest BCUT2D eigenvalue weighted by Gasteiger charge is 2.22. The predicted molar refractivity (Wildman–Crippen MR) is 94.9 cm³/mol. The van der Waals surface area contributed by atoms with Gasteiger partial charge in [0.15, 0.2) is 0 Å². The van der Waals surface area contributed by atoms with Crippen LogP contribution < -0.4 is 10.6 Å². The van der Waals surface area contributed by atoms with E-state index in [9.17, 15) is 9.59 Å². The number of hydrogen-bond acceptors (Lipinski definition) is 3. The molecule has 1 unspecified atom stereocenters. The smallest absolute Gasteiger partial charge is 0.317 e. The first-order valence-electron chi connectivity index (χ1n) is 8.12. The van der Waals surface area contributed by atoms with E-state index in [1.54, 1.807) is 16.2 Å². The highest BCUT2D eigenvalue weighted by molar-refractivity contribution is 7.10. The zero-order chi connectivity index (χ0) is 16.8. The van der Waals surface area contributed by atoms with Crippen LogP contribution in [0.25, 0.3) is 0 Å². The summed E-state index contributed by atoms with van der Waals surface area (Å²) in [7, 11) is 0. The quantitative estimate of drug-likeness (QED) is 0.896. The highest BCUT2D eigenvalue weighted by atomic mass is 32.1. The Kier molecular flexibility index (Phi) is 5.48. The summed E-state index contributed by atoms with van der Waals surface area (Å²) in [6.45, 7) is 1.51. The van der Waals surface area contributed by atoms with E-state index in [4.69, 9.17) is 0 Å². The molecule has 3 amide bonds. The highest BCUT2D eigenvalue weighted by Crippen LogP contribution is 2.23. The van der Waals surface area contributed by atoms with Crippen molar-refractivity contribution in [2.75, 3.05) is 19.6 Å². The number of thiophene rings is 1. The van der Waals surface area contributed by atoms with Gasteiger partial charge >= 0.3 is 6.03 Å². The maximum atomic E-state index is 12.6. The topological polar surface area (TPSA) is 61.4 Å². The van der Waals surface area contributed by atoms with Gasteiger partial charge in [0, 0.05) is 30.9 Å². The van der Waals surface area contributed by atoms with Crippen LogP contribution in [0.2, 0.25) is 0 Å². The largest absolute Gasteiger partial charge is 0.354 e. The fraction of sp³-hybridized carbons (Fsp3) is 0.333. The van der Waals surface area contributed by atoms with Crippen molar-refractivity contribution in [1.82, 2.24) is 15.5 Å². The van der Waals surface area contributed by atoms with Crippen molar-refractivity contribution in [3.05, 3.63) is 58.3 Å². The lowest BCUT2D eigenvalue weighted by Crippen LogP contribution is -2.43. The molecule has 2 N–H and O–H groups in total. The monoisotopic (exact) mass is 343 g/mol. The number of carbonyl (C=O) groups is 2. The number of nitrogens with zero attached hydrogens (tertiary/aromatic N) is 1. The van der Waals surface area contributed by atoms with Crippen LogP contribution in [0.5, 0.6) is 0 Å². The number of amides is 3. The minimum Gasteiger partial charge on any atom is -0.354 e.